The van der Waals surface area contributed by atoms with E-state index in [2.05, 4.69) is 15.4 Å². The molecule has 0 aromatic rings. The Balaban J connectivity index is 0.00000324. The first kappa shape index (κ1) is 18.5. The molecule has 0 aromatic heterocycles. The van der Waals surface area contributed by atoms with Gasteiger partial charge in [-0.3, -0.25) is 4.79 Å². The number of carbonyl (C=O) groups is 1. The van der Waals surface area contributed by atoms with E-state index in [1.165, 1.54) is 0 Å². The van der Waals surface area contributed by atoms with Crippen LogP contribution in [0.3, 0.4) is 0 Å². The number of amides is 1. The van der Waals surface area contributed by atoms with Gasteiger partial charge in [0.15, 0.2) is 0 Å². The van der Waals surface area contributed by atoms with Gasteiger partial charge < -0.3 is 15.4 Å². The molecule has 0 bridgehead atoms. The summed E-state index contributed by atoms with van der Waals surface area (Å²) in [6.45, 7) is 1.40. The highest BCUT2D eigenvalue weighted by molar-refractivity contribution is 5.86. The lowest BCUT2D eigenvalue weighted by atomic mass is 9.93. The van der Waals surface area contributed by atoms with Crippen LogP contribution >= 0.6 is 12.4 Å². The molecule has 0 radical (unpaired) electrons. The predicted molar refractivity (Wildman–Crippen MR) is 67.4 cm³/mol. The van der Waals surface area contributed by atoms with E-state index in [0.29, 0.717) is 6.42 Å². The molecule has 1 unspecified atom stereocenters. The standard InChI is InChI=1S/C11H19F3N2O2.ClH/c1-2-10(4-3-5-16-10)9(17)15-6-7-18-8-11(12,13)14;/h16H,2-8H2,1H3,(H,15,17);1H. The molecule has 114 valence electrons. The van der Waals surface area contributed by atoms with Crippen LogP contribution in [0.25, 0.3) is 0 Å². The molecule has 0 saturated carbocycles. The van der Waals surface area contributed by atoms with E-state index in [4.69, 9.17) is 0 Å². The Hall–Kier alpha value is -0.530. The number of halogens is 4. The highest BCUT2D eigenvalue weighted by Gasteiger charge is 2.38. The van der Waals surface area contributed by atoms with Gasteiger partial charge in [0.05, 0.1) is 12.1 Å². The normalized spacial score (nSPS) is 22.9. The van der Waals surface area contributed by atoms with Crippen LogP contribution in [0, 0.1) is 0 Å². The third-order valence-electron chi connectivity index (χ3n) is 3.08. The molecule has 1 saturated heterocycles. The molecule has 1 rings (SSSR count). The molecule has 1 aliphatic heterocycles. The predicted octanol–water partition coefficient (Wildman–Crippen LogP) is 1.64. The van der Waals surface area contributed by atoms with Gasteiger partial charge in [0.2, 0.25) is 5.91 Å². The first-order chi connectivity index (χ1) is 8.40. The number of carbonyl (C=O) groups excluding carboxylic acids is 1. The van der Waals surface area contributed by atoms with Gasteiger partial charge in [0.1, 0.15) is 6.61 Å². The molecule has 1 atom stereocenters. The van der Waals surface area contributed by atoms with Gasteiger partial charge in [-0.1, -0.05) is 6.92 Å². The first-order valence-corrected chi connectivity index (χ1v) is 6.07. The van der Waals surface area contributed by atoms with E-state index in [0.717, 1.165) is 19.4 Å². The Morgan fingerprint density at radius 1 is 1.47 bits per heavy atom. The molecule has 2 N–H and O–H groups in total. The maximum Gasteiger partial charge on any atom is 0.411 e. The van der Waals surface area contributed by atoms with E-state index in [9.17, 15) is 18.0 Å². The second kappa shape index (κ2) is 7.91. The first-order valence-electron chi connectivity index (χ1n) is 6.07. The summed E-state index contributed by atoms with van der Waals surface area (Å²) in [5, 5.41) is 5.76. The summed E-state index contributed by atoms with van der Waals surface area (Å²) in [4.78, 5) is 11.9. The zero-order chi connectivity index (χ0) is 13.6. The van der Waals surface area contributed by atoms with Crippen molar-refractivity contribution < 1.29 is 22.7 Å². The van der Waals surface area contributed by atoms with Crippen molar-refractivity contribution in [1.82, 2.24) is 10.6 Å². The van der Waals surface area contributed by atoms with Crippen molar-refractivity contribution in [2.75, 3.05) is 26.3 Å². The SMILES string of the molecule is CCC1(C(=O)NCCOCC(F)(F)F)CCCN1.Cl. The van der Waals surface area contributed by atoms with Crippen molar-refractivity contribution in [2.45, 2.75) is 37.9 Å². The van der Waals surface area contributed by atoms with Crippen LogP contribution in [0.1, 0.15) is 26.2 Å². The van der Waals surface area contributed by atoms with Crippen LogP contribution in [0.2, 0.25) is 0 Å². The quantitative estimate of drug-likeness (QED) is 0.734. The molecule has 4 nitrogen and oxygen atoms in total. The molecule has 1 heterocycles. The molecule has 1 amide bonds. The summed E-state index contributed by atoms with van der Waals surface area (Å²) in [6, 6.07) is 0. The number of hydrogen-bond acceptors (Lipinski definition) is 3. The Morgan fingerprint density at radius 2 is 2.16 bits per heavy atom. The average molecular weight is 305 g/mol. The fraction of sp³-hybridized carbons (Fsp3) is 0.909. The average Bonchev–Trinajstić information content (AvgIpc) is 2.76. The Kier molecular flexibility index (Phi) is 7.69. The van der Waals surface area contributed by atoms with Crippen LogP contribution in [-0.2, 0) is 9.53 Å². The maximum atomic E-state index is 11.9. The minimum absolute atomic E-state index is 0. The Morgan fingerprint density at radius 3 is 2.63 bits per heavy atom. The van der Waals surface area contributed by atoms with Crippen LogP contribution in [0.4, 0.5) is 13.2 Å². The molecule has 1 fully saturated rings. The van der Waals surface area contributed by atoms with Crippen molar-refractivity contribution in [3.63, 3.8) is 0 Å². The highest BCUT2D eigenvalue weighted by atomic mass is 35.5. The number of ether oxygens (including phenoxy) is 1. The van der Waals surface area contributed by atoms with Crippen LogP contribution in [0.5, 0.6) is 0 Å². The maximum absolute atomic E-state index is 11.9. The van der Waals surface area contributed by atoms with E-state index in [-0.39, 0.29) is 31.5 Å². The van der Waals surface area contributed by atoms with Crippen LogP contribution < -0.4 is 10.6 Å². The Bertz CT molecular complexity index is 282. The summed E-state index contributed by atoms with van der Waals surface area (Å²) < 4.78 is 39.8. The van der Waals surface area contributed by atoms with E-state index in [1.807, 2.05) is 6.92 Å². The van der Waals surface area contributed by atoms with Gasteiger partial charge in [0, 0.05) is 6.54 Å². The molecule has 8 heteroatoms. The third kappa shape index (κ3) is 5.97. The molecule has 0 spiro atoms. The molecule has 0 aliphatic carbocycles. The smallest absolute Gasteiger partial charge is 0.370 e. The molecular formula is C11H20ClF3N2O2. The number of rotatable bonds is 6. The number of nitrogens with one attached hydrogen (secondary N) is 2. The zero-order valence-electron chi connectivity index (χ0n) is 10.8. The Labute approximate surface area is 116 Å². The summed E-state index contributed by atoms with van der Waals surface area (Å²) in [5.41, 5.74) is -0.552. The zero-order valence-corrected chi connectivity index (χ0v) is 11.6. The van der Waals surface area contributed by atoms with Gasteiger partial charge in [0.25, 0.3) is 0 Å². The van der Waals surface area contributed by atoms with Gasteiger partial charge in [-0.15, -0.1) is 12.4 Å². The lowest BCUT2D eigenvalue weighted by molar-refractivity contribution is -0.173. The molecule has 0 aromatic carbocycles. The topological polar surface area (TPSA) is 50.4 Å². The van der Waals surface area contributed by atoms with E-state index < -0.39 is 18.3 Å². The van der Waals surface area contributed by atoms with Crippen molar-refractivity contribution >= 4 is 18.3 Å². The summed E-state index contributed by atoms with van der Waals surface area (Å²) in [6.07, 6.45) is -1.95. The summed E-state index contributed by atoms with van der Waals surface area (Å²) in [5.74, 6) is -0.155. The van der Waals surface area contributed by atoms with Crippen LogP contribution in [0.15, 0.2) is 0 Å². The van der Waals surface area contributed by atoms with E-state index >= 15 is 0 Å². The highest BCUT2D eigenvalue weighted by Crippen LogP contribution is 2.22. The van der Waals surface area contributed by atoms with Crippen molar-refractivity contribution in [3.8, 4) is 0 Å². The lowest BCUT2D eigenvalue weighted by Crippen LogP contribution is -2.53. The van der Waals surface area contributed by atoms with Gasteiger partial charge in [-0.05, 0) is 25.8 Å². The minimum atomic E-state index is -4.32. The largest absolute Gasteiger partial charge is 0.411 e. The monoisotopic (exact) mass is 304 g/mol. The summed E-state index contributed by atoms with van der Waals surface area (Å²) in [7, 11) is 0. The molecular weight excluding hydrogens is 285 g/mol. The van der Waals surface area contributed by atoms with Crippen molar-refractivity contribution in [3.05, 3.63) is 0 Å². The fourth-order valence-corrected chi connectivity index (χ4v) is 2.06. The fourth-order valence-electron chi connectivity index (χ4n) is 2.06. The van der Waals surface area contributed by atoms with Gasteiger partial charge in [-0.2, -0.15) is 13.2 Å². The van der Waals surface area contributed by atoms with Crippen molar-refractivity contribution in [2.24, 2.45) is 0 Å². The van der Waals surface area contributed by atoms with Gasteiger partial charge in [-0.25, -0.2) is 0 Å². The lowest BCUT2D eigenvalue weighted by Gasteiger charge is -2.26. The summed E-state index contributed by atoms with van der Waals surface area (Å²) >= 11 is 0. The second-order valence-electron chi connectivity index (χ2n) is 4.39. The number of alkyl halides is 3. The van der Waals surface area contributed by atoms with Gasteiger partial charge >= 0.3 is 6.18 Å². The minimum Gasteiger partial charge on any atom is -0.370 e. The second-order valence-corrected chi connectivity index (χ2v) is 4.39. The third-order valence-corrected chi connectivity index (χ3v) is 3.08. The van der Waals surface area contributed by atoms with Crippen LogP contribution in [-0.4, -0.2) is 43.9 Å². The molecule has 19 heavy (non-hydrogen) atoms. The number of hydrogen-bond donors (Lipinski definition) is 2. The van der Waals surface area contributed by atoms with Crippen molar-refractivity contribution in [1.29, 1.82) is 0 Å². The molecule has 1 aliphatic rings. The van der Waals surface area contributed by atoms with E-state index in [1.54, 1.807) is 0 Å².